The quantitative estimate of drug-likeness (QED) is 0.390. The monoisotopic (exact) mass is 526 g/mol. The van der Waals surface area contributed by atoms with Gasteiger partial charge in [-0.3, -0.25) is 4.79 Å². The first-order valence-corrected chi connectivity index (χ1v) is 10.8. The van der Waals surface area contributed by atoms with Crippen LogP contribution < -0.4 is 10.6 Å². The van der Waals surface area contributed by atoms with E-state index in [0.29, 0.717) is 16.9 Å². The van der Waals surface area contributed by atoms with Crippen molar-refractivity contribution in [3.8, 4) is 0 Å². The first-order valence-electron chi connectivity index (χ1n) is 9.24. The average Bonchev–Trinajstić information content (AvgIpc) is 3.05. The van der Waals surface area contributed by atoms with Gasteiger partial charge in [0.1, 0.15) is 5.00 Å². The molecule has 0 bridgehead atoms. The Morgan fingerprint density at radius 1 is 1.12 bits per heavy atom. The SMILES string of the molecule is CCc1c(C)sc(N[C@](NC(=O)c2ccc(Cl)cc2Cl)(C(=O)OC)C(F)(F)F)c1C(=O)OC. The molecule has 7 nitrogen and oxygen atoms in total. The van der Waals surface area contributed by atoms with Gasteiger partial charge < -0.3 is 20.1 Å². The van der Waals surface area contributed by atoms with Gasteiger partial charge in [0.05, 0.1) is 30.4 Å². The molecule has 180 valence electrons. The summed E-state index contributed by atoms with van der Waals surface area (Å²) >= 11 is 12.5. The average molecular weight is 527 g/mol. The highest BCUT2D eigenvalue weighted by atomic mass is 35.5. The first-order chi connectivity index (χ1) is 15.3. The van der Waals surface area contributed by atoms with Gasteiger partial charge in [0.2, 0.25) is 0 Å². The fourth-order valence-electron chi connectivity index (χ4n) is 3.04. The van der Waals surface area contributed by atoms with Gasteiger partial charge in [0.25, 0.3) is 5.91 Å². The molecule has 1 heterocycles. The molecule has 0 aliphatic rings. The highest BCUT2D eigenvalue weighted by molar-refractivity contribution is 7.16. The minimum absolute atomic E-state index is 0.147. The maximum Gasteiger partial charge on any atom is 0.441 e. The van der Waals surface area contributed by atoms with Crippen LogP contribution in [0.3, 0.4) is 0 Å². The summed E-state index contributed by atoms with van der Waals surface area (Å²) in [5, 5.41) is 3.24. The number of anilines is 1. The Hall–Kier alpha value is -2.50. The molecule has 1 amide bonds. The number of carbonyl (C=O) groups excluding carboxylic acids is 3. The molecule has 0 saturated carbocycles. The van der Waals surface area contributed by atoms with Crippen LogP contribution >= 0.6 is 34.5 Å². The van der Waals surface area contributed by atoms with E-state index in [2.05, 4.69) is 4.74 Å². The Morgan fingerprint density at radius 2 is 1.76 bits per heavy atom. The van der Waals surface area contributed by atoms with Crippen molar-refractivity contribution in [2.45, 2.75) is 32.1 Å². The molecule has 2 aromatic rings. The number of hydrogen-bond acceptors (Lipinski definition) is 7. The van der Waals surface area contributed by atoms with Gasteiger partial charge in [-0.25, -0.2) is 9.59 Å². The summed E-state index contributed by atoms with van der Waals surface area (Å²) in [6.45, 7) is 3.30. The summed E-state index contributed by atoms with van der Waals surface area (Å²) in [7, 11) is 1.80. The van der Waals surface area contributed by atoms with Crippen LogP contribution in [0.2, 0.25) is 10.0 Å². The van der Waals surface area contributed by atoms with Gasteiger partial charge in [-0.1, -0.05) is 30.1 Å². The predicted molar refractivity (Wildman–Crippen MR) is 118 cm³/mol. The first kappa shape index (κ1) is 26.7. The normalized spacial score (nSPS) is 13.1. The van der Waals surface area contributed by atoms with E-state index >= 15 is 0 Å². The third-order valence-electron chi connectivity index (χ3n) is 4.65. The molecule has 2 rings (SSSR count). The highest BCUT2D eigenvalue weighted by Gasteiger charge is 2.64. The van der Waals surface area contributed by atoms with Crippen molar-refractivity contribution < 1.29 is 37.0 Å². The molecule has 2 N–H and O–H groups in total. The third-order valence-corrected chi connectivity index (χ3v) is 6.26. The molecule has 1 aromatic heterocycles. The number of halogens is 5. The lowest BCUT2D eigenvalue weighted by Crippen LogP contribution is -2.69. The van der Waals surface area contributed by atoms with Crippen LogP contribution in [0.1, 0.15) is 38.1 Å². The van der Waals surface area contributed by atoms with E-state index in [1.807, 2.05) is 5.32 Å². The molecule has 33 heavy (non-hydrogen) atoms. The van der Waals surface area contributed by atoms with Crippen LogP contribution in [0.25, 0.3) is 0 Å². The summed E-state index contributed by atoms with van der Waals surface area (Å²) in [6, 6.07) is 3.50. The van der Waals surface area contributed by atoms with Crippen molar-refractivity contribution in [2.75, 3.05) is 19.5 Å². The third kappa shape index (κ3) is 5.20. The number of carbonyl (C=O) groups is 3. The molecular weight excluding hydrogens is 508 g/mol. The maximum absolute atomic E-state index is 14.4. The molecule has 1 aromatic carbocycles. The van der Waals surface area contributed by atoms with Crippen LogP contribution in [0.4, 0.5) is 18.2 Å². The number of aryl methyl sites for hydroxylation is 1. The van der Waals surface area contributed by atoms with E-state index in [1.54, 1.807) is 19.2 Å². The van der Waals surface area contributed by atoms with E-state index in [-0.39, 0.29) is 26.2 Å². The lowest BCUT2D eigenvalue weighted by molar-refractivity contribution is -0.203. The van der Waals surface area contributed by atoms with Crippen LogP contribution in [0, 0.1) is 6.92 Å². The number of ether oxygens (including phenoxy) is 2. The Balaban J connectivity index is 2.69. The Labute approximate surface area is 201 Å². The number of benzene rings is 1. The Morgan fingerprint density at radius 3 is 2.24 bits per heavy atom. The zero-order valence-electron chi connectivity index (χ0n) is 17.8. The van der Waals surface area contributed by atoms with Crippen molar-refractivity contribution in [3.05, 3.63) is 49.8 Å². The van der Waals surface area contributed by atoms with Crippen molar-refractivity contribution in [1.82, 2.24) is 5.32 Å². The molecule has 0 aliphatic carbocycles. The fraction of sp³-hybridized carbons (Fsp3) is 0.350. The van der Waals surface area contributed by atoms with Crippen molar-refractivity contribution >= 4 is 57.4 Å². The summed E-state index contributed by atoms with van der Waals surface area (Å²) in [4.78, 5) is 38.2. The molecule has 0 unspecified atom stereocenters. The number of alkyl halides is 3. The van der Waals surface area contributed by atoms with E-state index in [0.717, 1.165) is 37.7 Å². The number of methoxy groups -OCH3 is 2. The van der Waals surface area contributed by atoms with E-state index in [9.17, 15) is 27.6 Å². The number of amides is 1. The van der Waals surface area contributed by atoms with Gasteiger partial charge in [-0.15, -0.1) is 11.3 Å². The second-order valence-electron chi connectivity index (χ2n) is 6.63. The number of hydrogen-bond donors (Lipinski definition) is 2. The van der Waals surface area contributed by atoms with Crippen molar-refractivity contribution in [2.24, 2.45) is 0 Å². The minimum atomic E-state index is -5.41. The maximum atomic E-state index is 14.4. The smallest absolute Gasteiger partial charge is 0.441 e. The second kappa shape index (κ2) is 10.2. The van der Waals surface area contributed by atoms with Crippen molar-refractivity contribution in [3.63, 3.8) is 0 Å². The lowest BCUT2D eigenvalue weighted by atomic mass is 10.1. The topological polar surface area (TPSA) is 93.7 Å². The van der Waals surface area contributed by atoms with Crippen LogP contribution in [0.5, 0.6) is 0 Å². The highest BCUT2D eigenvalue weighted by Crippen LogP contribution is 2.40. The van der Waals surface area contributed by atoms with Crippen LogP contribution in [0.15, 0.2) is 18.2 Å². The molecular formula is C20H19Cl2F3N2O5S. The number of esters is 2. The zero-order chi connectivity index (χ0) is 25.1. The number of rotatable bonds is 7. The summed E-state index contributed by atoms with van der Waals surface area (Å²) in [5.74, 6) is -4.12. The van der Waals surface area contributed by atoms with Gasteiger partial charge in [-0.05, 0) is 37.1 Å². The van der Waals surface area contributed by atoms with Crippen molar-refractivity contribution in [1.29, 1.82) is 0 Å². The van der Waals surface area contributed by atoms with Crippen LogP contribution in [-0.2, 0) is 20.7 Å². The molecule has 0 saturated heterocycles. The Kier molecular flexibility index (Phi) is 8.26. The van der Waals surface area contributed by atoms with E-state index < -0.39 is 29.7 Å². The molecule has 0 radical (unpaired) electrons. The largest absolute Gasteiger partial charge is 0.466 e. The summed E-state index contributed by atoms with van der Waals surface area (Å²) < 4.78 is 52.3. The summed E-state index contributed by atoms with van der Waals surface area (Å²) in [6.07, 6.45) is -5.11. The number of nitrogens with one attached hydrogen (secondary N) is 2. The number of thiophene rings is 1. The second-order valence-corrected chi connectivity index (χ2v) is 8.70. The lowest BCUT2D eigenvalue weighted by Gasteiger charge is -2.34. The summed E-state index contributed by atoms with van der Waals surface area (Å²) in [5.41, 5.74) is -3.88. The van der Waals surface area contributed by atoms with E-state index in [1.165, 1.54) is 6.07 Å². The minimum Gasteiger partial charge on any atom is -0.466 e. The predicted octanol–water partition coefficient (Wildman–Crippen LogP) is 4.99. The molecule has 0 aliphatic heterocycles. The molecule has 13 heteroatoms. The van der Waals surface area contributed by atoms with E-state index in [4.69, 9.17) is 27.9 Å². The molecule has 0 spiro atoms. The Bertz CT molecular complexity index is 1090. The zero-order valence-corrected chi connectivity index (χ0v) is 20.1. The molecule has 1 atom stereocenters. The molecule has 0 fully saturated rings. The van der Waals surface area contributed by atoms with Gasteiger partial charge in [-0.2, -0.15) is 13.2 Å². The van der Waals surface area contributed by atoms with Crippen LogP contribution in [-0.4, -0.2) is 43.9 Å². The van der Waals surface area contributed by atoms with Gasteiger partial charge in [0.15, 0.2) is 0 Å². The standard InChI is InChI=1S/C20H19Cl2F3N2O5S/c1-5-11-9(2)33-16(14(11)17(29)31-3)27-19(18(30)32-4,20(23,24)25)26-15(28)12-7-6-10(21)8-13(12)22/h6-8,27H,5H2,1-4H3,(H,26,28)/t19-/m1/s1. The van der Waals surface area contributed by atoms with Gasteiger partial charge in [0, 0.05) is 9.90 Å². The van der Waals surface area contributed by atoms with Gasteiger partial charge >= 0.3 is 23.8 Å². The fourth-order valence-corrected chi connectivity index (χ4v) is 4.72.